The quantitative estimate of drug-likeness (QED) is 0.810. The van der Waals surface area contributed by atoms with Gasteiger partial charge in [0.15, 0.2) is 0 Å². The van der Waals surface area contributed by atoms with Gasteiger partial charge >= 0.3 is 0 Å². The summed E-state index contributed by atoms with van der Waals surface area (Å²) in [5, 5.41) is 0. The Balaban J connectivity index is 1.76. The van der Waals surface area contributed by atoms with Crippen LogP contribution in [0.15, 0.2) is 0 Å². The average molecular weight is 253 g/mol. The number of rotatable bonds is 5. The molecule has 0 aromatic heterocycles. The summed E-state index contributed by atoms with van der Waals surface area (Å²) >= 11 is 0. The number of nitrogens with zero attached hydrogens (tertiary/aromatic N) is 2. The fourth-order valence-electron chi connectivity index (χ4n) is 3.36. The zero-order valence-corrected chi connectivity index (χ0v) is 12.3. The first-order valence-corrected chi connectivity index (χ1v) is 7.85. The monoisotopic (exact) mass is 253 g/mol. The molecule has 2 unspecified atom stereocenters. The van der Waals surface area contributed by atoms with Crippen molar-refractivity contribution in [1.29, 1.82) is 0 Å². The van der Waals surface area contributed by atoms with Crippen LogP contribution in [0.25, 0.3) is 0 Å². The van der Waals surface area contributed by atoms with E-state index in [0.717, 1.165) is 24.4 Å². The van der Waals surface area contributed by atoms with Crippen molar-refractivity contribution in [3.63, 3.8) is 0 Å². The SMILES string of the molecule is CC(C)CCN1CCCC(N2CCC(CN)C2)C1. The second-order valence-electron chi connectivity index (χ2n) is 6.66. The molecule has 106 valence electrons. The molecular weight excluding hydrogens is 222 g/mol. The number of hydrogen-bond acceptors (Lipinski definition) is 3. The first kappa shape index (κ1) is 14.3. The third kappa shape index (κ3) is 3.94. The lowest BCUT2D eigenvalue weighted by Gasteiger charge is -2.38. The Morgan fingerprint density at radius 1 is 1.17 bits per heavy atom. The predicted octanol–water partition coefficient (Wildman–Crippen LogP) is 1.78. The molecule has 2 fully saturated rings. The van der Waals surface area contributed by atoms with Crippen molar-refractivity contribution in [3.05, 3.63) is 0 Å². The zero-order valence-electron chi connectivity index (χ0n) is 12.3. The molecule has 0 spiro atoms. The van der Waals surface area contributed by atoms with E-state index in [0.29, 0.717) is 0 Å². The summed E-state index contributed by atoms with van der Waals surface area (Å²) in [5.41, 5.74) is 5.80. The molecule has 2 aliphatic rings. The molecule has 2 N–H and O–H groups in total. The summed E-state index contributed by atoms with van der Waals surface area (Å²) < 4.78 is 0. The molecule has 0 aromatic rings. The van der Waals surface area contributed by atoms with Gasteiger partial charge in [0.2, 0.25) is 0 Å². The summed E-state index contributed by atoms with van der Waals surface area (Å²) in [6.07, 6.45) is 5.44. The van der Waals surface area contributed by atoms with Crippen LogP contribution >= 0.6 is 0 Å². The number of nitrogens with two attached hydrogens (primary N) is 1. The van der Waals surface area contributed by atoms with Crippen LogP contribution in [0.3, 0.4) is 0 Å². The van der Waals surface area contributed by atoms with Gasteiger partial charge in [-0.15, -0.1) is 0 Å². The van der Waals surface area contributed by atoms with Gasteiger partial charge < -0.3 is 10.6 Å². The number of hydrogen-bond donors (Lipinski definition) is 1. The highest BCUT2D eigenvalue weighted by Crippen LogP contribution is 2.23. The lowest BCUT2D eigenvalue weighted by atomic mass is 10.0. The second kappa shape index (κ2) is 6.88. The Hall–Kier alpha value is -0.120. The number of piperidine rings is 1. The van der Waals surface area contributed by atoms with Crippen LogP contribution in [0, 0.1) is 11.8 Å². The van der Waals surface area contributed by atoms with Crippen molar-refractivity contribution in [3.8, 4) is 0 Å². The fraction of sp³-hybridized carbons (Fsp3) is 1.00. The third-order valence-corrected chi connectivity index (χ3v) is 4.67. The van der Waals surface area contributed by atoms with Gasteiger partial charge in [-0.1, -0.05) is 13.8 Å². The van der Waals surface area contributed by atoms with Crippen LogP contribution in [0.5, 0.6) is 0 Å². The average Bonchev–Trinajstić information content (AvgIpc) is 2.85. The second-order valence-corrected chi connectivity index (χ2v) is 6.66. The van der Waals surface area contributed by atoms with Crippen LogP contribution < -0.4 is 5.73 Å². The minimum absolute atomic E-state index is 0.760. The van der Waals surface area contributed by atoms with Gasteiger partial charge in [-0.3, -0.25) is 4.90 Å². The molecule has 3 heteroatoms. The van der Waals surface area contributed by atoms with Gasteiger partial charge in [-0.2, -0.15) is 0 Å². The van der Waals surface area contributed by atoms with E-state index in [9.17, 15) is 0 Å². The van der Waals surface area contributed by atoms with Gasteiger partial charge in [-0.25, -0.2) is 0 Å². The minimum Gasteiger partial charge on any atom is -0.330 e. The van der Waals surface area contributed by atoms with Crippen LogP contribution in [0.1, 0.15) is 39.5 Å². The molecule has 3 nitrogen and oxygen atoms in total. The Kier molecular flexibility index (Phi) is 5.46. The van der Waals surface area contributed by atoms with Crippen molar-refractivity contribution in [2.24, 2.45) is 17.6 Å². The van der Waals surface area contributed by atoms with Gasteiger partial charge in [0.05, 0.1) is 0 Å². The molecule has 0 amide bonds. The topological polar surface area (TPSA) is 32.5 Å². The van der Waals surface area contributed by atoms with E-state index in [1.165, 1.54) is 58.4 Å². The molecular formula is C15H31N3. The highest BCUT2D eigenvalue weighted by Gasteiger charge is 2.30. The number of likely N-dealkylation sites (tertiary alicyclic amines) is 2. The van der Waals surface area contributed by atoms with E-state index in [2.05, 4.69) is 23.6 Å². The highest BCUT2D eigenvalue weighted by atomic mass is 15.2. The normalized spacial score (nSPS) is 31.3. The molecule has 2 saturated heterocycles. The molecule has 2 atom stereocenters. The smallest absolute Gasteiger partial charge is 0.0223 e. The van der Waals surface area contributed by atoms with Crippen molar-refractivity contribution in [2.45, 2.75) is 45.6 Å². The summed E-state index contributed by atoms with van der Waals surface area (Å²) in [5.74, 6) is 1.59. The largest absolute Gasteiger partial charge is 0.330 e. The first-order chi connectivity index (χ1) is 8.69. The van der Waals surface area contributed by atoms with Gasteiger partial charge in [0.25, 0.3) is 0 Å². The molecule has 2 heterocycles. The van der Waals surface area contributed by atoms with E-state index in [1.54, 1.807) is 0 Å². The van der Waals surface area contributed by atoms with E-state index >= 15 is 0 Å². The summed E-state index contributed by atoms with van der Waals surface area (Å²) in [6, 6.07) is 0.808. The van der Waals surface area contributed by atoms with Crippen LogP contribution in [-0.2, 0) is 0 Å². The zero-order chi connectivity index (χ0) is 13.0. The molecule has 0 bridgehead atoms. The van der Waals surface area contributed by atoms with Crippen LogP contribution in [0.4, 0.5) is 0 Å². The lowest BCUT2D eigenvalue weighted by Crippen LogP contribution is -2.47. The van der Waals surface area contributed by atoms with E-state index in [-0.39, 0.29) is 0 Å². The maximum atomic E-state index is 5.80. The maximum Gasteiger partial charge on any atom is 0.0223 e. The van der Waals surface area contributed by atoms with Gasteiger partial charge in [-0.05, 0) is 63.7 Å². The van der Waals surface area contributed by atoms with Gasteiger partial charge in [0, 0.05) is 19.1 Å². The molecule has 0 aliphatic carbocycles. The van der Waals surface area contributed by atoms with Crippen molar-refractivity contribution < 1.29 is 0 Å². The fourth-order valence-corrected chi connectivity index (χ4v) is 3.36. The Bertz CT molecular complexity index is 242. The maximum absolute atomic E-state index is 5.80. The molecule has 0 radical (unpaired) electrons. The lowest BCUT2D eigenvalue weighted by molar-refractivity contribution is 0.109. The van der Waals surface area contributed by atoms with E-state index in [4.69, 9.17) is 5.73 Å². The van der Waals surface area contributed by atoms with Gasteiger partial charge in [0.1, 0.15) is 0 Å². The summed E-state index contributed by atoms with van der Waals surface area (Å²) in [7, 11) is 0. The first-order valence-electron chi connectivity index (χ1n) is 7.85. The molecule has 2 rings (SSSR count). The summed E-state index contributed by atoms with van der Waals surface area (Å²) in [6.45, 7) is 12.0. The Labute approximate surface area is 113 Å². The molecule has 0 saturated carbocycles. The molecule has 18 heavy (non-hydrogen) atoms. The van der Waals surface area contributed by atoms with E-state index < -0.39 is 0 Å². The van der Waals surface area contributed by atoms with Crippen molar-refractivity contribution in [2.75, 3.05) is 39.3 Å². The standard InChI is InChI=1S/C15H31N3/c1-13(2)5-8-17-7-3-4-15(12-17)18-9-6-14(10-16)11-18/h13-15H,3-12,16H2,1-2H3. The Morgan fingerprint density at radius 2 is 2.00 bits per heavy atom. The third-order valence-electron chi connectivity index (χ3n) is 4.67. The highest BCUT2D eigenvalue weighted by molar-refractivity contribution is 4.86. The predicted molar refractivity (Wildman–Crippen MR) is 77.7 cm³/mol. The van der Waals surface area contributed by atoms with Crippen molar-refractivity contribution in [1.82, 2.24) is 9.80 Å². The van der Waals surface area contributed by atoms with Crippen LogP contribution in [0.2, 0.25) is 0 Å². The minimum atomic E-state index is 0.760. The molecule has 0 aromatic carbocycles. The van der Waals surface area contributed by atoms with Crippen molar-refractivity contribution >= 4 is 0 Å². The van der Waals surface area contributed by atoms with E-state index in [1.807, 2.05) is 0 Å². The Morgan fingerprint density at radius 3 is 2.67 bits per heavy atom. The summed E-state index contributed by atoms with van der Waals surface area (Å²) in [4.78, 5) is 5.39. The van der Waals surface area contributed by atoms with Crippen LogP contribution in [-0.4, -0.2) is 55.1 Å². The molecule has 2 aliphatic heterocycles.